The smallest absolute Gasteiger partial charge is 0.123 e. The highest BCUT2D eigenvalue weighted by Gasteiger charge is 2.26. The van der Waals surface area contributed by atoms with Crippen LogP contribution < -0.4 is 10.5 Å². The van der Waals surface area contributed by atoms with E-state index < -0.39 is 0 Å². The Kier molecular flexibility index (Phi) is 6.60. The third-order valence-electron chi connectivity index (χ3n) is 4.37. The van der Waals surface area contributed by atoms with Gasteiger partial charge in [-0.15, -0.1) is 12.4 Å². The van der Waals surface area contributed by atoms with Crippen molar-refractivity contribution in [3.8, 4) is 5.75 Å². The molecule has 0 aromatic heterocycles. The zero-order valence-electron chi connectivity index (χ0n) is 13.8. The van der Waals surface area contributed by atoms with Gasteiger partial charge in [0.15, 0.2) is 0 Å². The monoisotopic (exact) mass is 350 g/mol. The lowest BCUT2D eigenvalue weighted by atomic mass is 10.1. The minimum absolute atomic E-state index is 0. The topological polar surface area (TPSA) is 38.5 Å². The molecule has 3 nitrogen and oxygen atoms in total. The van der Waals surface area contributed by atoms with Crippen LogP contribution in [0.2, 0.25) is 0 Å². The molecule has 0 bridgehead atoms. The van der Waals surface area contributed by atoms with Crippen molar-refractivity contribution in [3.05, 3.63) is 65.5 Å². The number of nitrogens with zero attached hydrogens (tertiary/aromatic N) is 1. The molecule has 1 saturated heterocycles. The zero-order valence-corrected chi connectivity index (χ0v) is 14.6. The Morgan fingerprint density at radius 3 is 2.54 bits per heavy atom. The summed E-state index contributed by atoms with van der Waals surface area (Å²) in [4.78, 5) is 2.38. The number of ether oxygens (including phenoxy) is 1. The molecule has 2 aromatic rings. The molecule has 24 heavy (non-hydrogen) atoms. The van der Waals surface area contributed by atoms with Crippen molar-refractivity contribution < 1.29 is 9.13 Å². The largest absolute Gasteiger partial charge is 0.489 e. The highest BCUT2D eigenvalue weighted by Crippen LogP contribution is 2.20. The van der Waals surface area contributed by atoms with E-state index in [2.05, 4.69) is 24.0 Å². The second-order valence-electron chi connectivity index (χ2n) is 6.40. The number of nitrogens with two attached hydrogens (primary N) is 1. The van der Waals surface area contributed by atoms with Crippen molar-refractivity contribution in [2.24, 2.45) is 11.7 Å². The second-order valence-corrected chi connectivity index (χ2v) is 6.40. The third-order valence-corrected chi connectivity index (χ3v) is 4.37. The van der Waals surface area contributed by atoms with Crippen LogP contribution >= 0.6 is 12.4 Å². The van der Waals surface area contributed by atoms with Crippen LogP contribution in [0.15, 0.2) is 48.5 Å². The first-order valence-electron chi connectivity index (χ1n) is 8.04. The van der Waals surface area contributed by atoms with Gasteiger partial charge in [0, 0.05) is 25.7 Å². The van der Waals surface area contributed by atoms with Gasteiger partial charge < -0.3 is 10.5 Å². The van der Waals surface area contributed by atoms with Crippen LogP contribution in [0.3, 0.4) is 0 Å². The summed E-state index contributed by atoms with van der Waals surface area (Å²) in [7, 11) is 0. The first-order valence-corrected chi connectivity index (χ1v) is 8.04. The van der Waals surface area contributed by atoms with E-state index in [-0.39, 0.29) is 24.3 Å². The summed E-state index contributed by atoms with van der Waals surface area (Å²) < 4.78 is 18.7. The Bertz CT molecular complexity index is 640. The lowest BCUT2D eigenvalue weighted by Gasteiger charge is -2.16. The summed E-state index contributed by atoms with van der Waals surface area (Å²) in [6, 6.07) is 14.8. The number of hydrogen-bond donors (Lipinski definition) is 1. The highest BCUT2D eigenvalue weighted by atomic mass is 35.5. The highest BCUT2D eigenvalue weighted by molar-refractivity contribution is 5.85. The van der Waals surface area contributed by atoms with E-state index >= 15 is 0 Å². The molecule has 0 aliphatic carbocycles. The molecule has 2 unspecified atom stereocenters. The normalized spacial score (nSPS) is 20.6. The van der Waals surface area contributed by atoms with Crippen LogP contribution in [0.5, 0.6) is 5.75 Å². The maximum atomic E-state index is 12.9. The van der Waals surface area contributed by atoms with Gasteiger partial charge in [-0.25, -0.2) is 4.39 Å². The van der Waals surface area contributed by atoms with Crippen molar-refractivity contribution >= 4 is 12.4 Å². The molecule has 130 valence electrons. The standard InChI is InChI=1S/C19H23FN2O.ClH/c1-14-10-22(12-19(14)21)11-16-3-2-4-18(9-16)23-13-15-5-7-17(20)8-6-15;/h2-9,14,19H,10-13,21H2,1H3;1H. The maximum absolute atomic E-state index is 12.9. The minimum atomic E-state index is -0.228. The molecular formula is C19H24ClFN2O. The van der Waals surface area contributed by atoms with E-state index in [1.54, 1.807) is 12.1 Å². The second kappa shape index (κ2) is 8.47. The lowest BCUT2D eigenvalue weighted by molar-refractivity contribution is 0.301. The predicted octanol–water partition coefficient (Wildman–Crippen LogP) is 3.61. The van der Waals surface area contributed by atoms with E-state index in [4.69, 9.17) is 10.5 Å². The van der Waals surface area contributed by atoms with Crippen LogP contribution in [-0.2, 0) is 13.2 Å². The van der Waals surface area contributed by atoms with Gasteiger partial charge in [-0.3, -0.25) is 4.90 Å². The van der Waals surface area contributed by atoms with Crippen LogP contribution in [-0.4, -0.2) is 24.0 Å². The first-order chi connectivity index (χ1) is 11.1. The fourth-order valence-corrected chi connectivity index (χ4v) is 2.96. The molecule has 0 saturated carbocycles. The van der Waals surface area contributed by atoms with Gasteiger partial charge in [-0.1, -0.05) is 31.2 Å². The van der Waals surface area contributed by atoms with Gasteiger partial charge >= 0.3 is 0 Å². The molecule has 2 aromatic carbocycles. The van der Waals surface area contributed by atoms with Gasteiger partial charge in [0.1, 0.15) is 18.2 Å². The maximum Gasteiger partial charge on any atom is 0.123 e. The number of halogens is 2. The Labute approximate surface area is 149 Å². The lowest BCUT2D eigenvalue weighted by Crippen LogP contribution is -2.28. The van der Waals surface area contributed by atoms with Crippen molar-refractivity contribution in [1.29, 1.82) is 0 Å². The Hall–Kier alpha value is -1.62. The summed E-state index contributed by atoms with van der Waals surface area (Å²) in [5.41, 5.74) is 8.26. The van der Waals surface area contributed by atoms with Gasteiger partial charge in [-0.05, 0) is 41.3 Å². The van der Waals surface area contributed by atoms with E-state index in [1.807, 2.05) is 12.1 Å². The van der Waals surface area contributed by atoms with Crippen LogP contribution in [0.4, 0.5) is 4.39 Å². The molecular weight excluding hydrogens is 327 g/mol. The molecule has 0 amide bonds. The van der Waals surface area contributed by atoms with Crippen molar-refractivity contribution in [2.45, 2.75) is 26.1 Å². The Morgan fingerprint density at radius 1 is 1.12 bits per heavy atom. The summed E-state index contributed by atoms with van der Waals surface area (Å²) in [6.45, 7) is 5.53. The molecule has 0 radical (unpaired) electrons. The number of hydrogen-bond acceptors (Lipinski definition) is 3. The van der Waals surface area contributed by atoms with Gasteiger partial charge in [0.2, 0.25) is 0 Å². The third kappa shape index (κ3) is 4.94. The quantitative estimate of drug-likeness (QED) is 0.895. The SMILES string of the molecule is CC1CN(Cc2cccc(OCc3ccc(F)cc3)c2)CC1N.Cl. The van der Waals surface area contributed by atoms with Crippen molar-refractivity contribution in [1.82, 2.24) is 4.90 Å². The average molecular weight is 351 g/mol. The average Bonchev–Trinajstić information content (AvgIpc) is 2.85. The predicted molar refractivity (Wildman–Crippen MR) is 96.8 cm³/mol. The van der Waals surface area contributed by atoms with Crippen LogP contribution in [0, 0.1) is 11.7 Å². The molecule has 2 N–H and O–H groups in total. The number of benzene rings is 2. The summed E-state index contributed by atoms with van der Waals surface area (Å²) in [6.07, 6.45) is 0. The zero-order chi connectivity index (χ0) is 16.2. The van der Waals surface area contributed by atoms with Crippen molar-refractivity contribution in [2.75, 3.05) is 13.1 Å². The van der Waals surface area contributed by atoms with Crippen molar-refractivity contribution in [3.63, 3.8) is 0 Å². The first kappa shape index (κ1) is 18.7. The van der Waals surface area contributed by atoms with E-state index in [0.29, 0.717) is 12.5 Å². The fraction of sp³-hybridized carbons (Fsp3) is 0.368. The molecule has 2 atom stereocenters. The molecule has 5 heteroatoms. The van der Waals surface area contributed by atoms with E-state index in [0.717, 1.165) is 30.9 Å². The molecule has 1 fully saturated rings. The minimum Gasteiger partial charge on any atom is -0.489 e. The van der Waals surface area contributed by atoms with Crippen LogP contribution in [0.25, 0.3) is 0 Å². The molecule has 1 heterocycles. The molecule has 1 aliphatic rings. The molecule has 0 spiro atoms. The summed E-state index contributed by atoms with van der Waals surface area (Å²) >= 11 is 0. The van der Waals surface area contributed by atoms with Gasteiger partial charge in [-0.2, -0.15) is 0 Å². The molecule has 3 rings (SSSR count). The summed E-state index contributed by atoms with van der Waals surface area (Å²) in [5.74, 6) is 1.16. The van der Waals surface area contributed by atoms with Crippen LogP contribution in [0.1, 0.15) is 18.1 Å². The van der Waals surface area contributed by atoms with E-state index in [9.17, 15) is 4.39 Å². The molecule has 1 aliphatic heterocycles. The van der Waals surface area contributed by atoms with Gasteiger partial charge in [0.05, 0.1) is 0 Å². The Morgan fingerprint density at radius 2 is 1.88 bits per heavy atom. The van der Waals surface area contributed by atoms with E-state index in [1.165, 1.54) is 17.7 Å². The summed E-state index contributed by atoms with van der Waals surface area (Å²) in [5, 5.41) is 0. The number of rotatable bonds is 5. The van der Waals surface area contributed by atoms with Gasteiger partial charge in [0.25, 0.3) is 0 Å². The number of likely N-dealkylation sites (tertiary alicyclic amines) is 1. The fourth-order valence-electron chi connectivity index (χ4n) is 2.96. The Balaban J connectivity index is 0.00000208.